The molecule has 1 aliphatic heterocycles. The zero-order chi connectivity index (χ0) is 13.8. The van der Waals surface area contributed by atoms with E-state index >= 15 is 0 Å². The Bertz CT molecular complexity index is 420. The molecule has 4 heteroatoms. The maximum absolute atomic E-state index is 9.42. The van der Waals surface area contributed by atoms with Gasteiger partial charge in [0.15, 0.2) is 11.5 Å². The molecule has 0 saturated heterocycles. The second-order valence-corrected chi connectivity index (χ2v) is 5.51. The third kappa shape index (κ3) is 3.61. The van der Waals surface area contributed by atoms with Crippen molar-refractivity contribution in [3.05, 3.63) is 23.8 Å². The van der Waals surface area contributed by atoms with E-state index in [2.05, 4.69) is 26.1 Å². The second kappa shape index (κ2) is 6.26. The molecule has 0 bridgehead atoms. The highest BCUT2D eigenvalue weighted by molar-refractivity contribution is 5.45. The minimum Gasteiger partial charge on any atom is -0.454 e. The molecule has 1 aliphatic rings. The van der Waals surface area contributed by atoms with Gasteiger partial charge in [-0.15, -0.1) is 0 Å². The number of aliphatic hydroxyl groups excluding tert-OH is 1. The molecule has 2 unspecified atom stereocenters. The molecule has 0 radical (unpaired) electrons. The van der Waals surface area contributed by atoms with E-state index in [0.29, 0.717) is 12.7 Å². The summed E-state index contributed by atoms with van der Waals surface area (Å²) in [6, 6.07) is 6.27. The molecule has 4 nitrogen and oxygen atoms in total. The van der Waals surface area contributed by atoms with Gasteiger partial charge in [-0.05, 0) is 37.0 Å². The number of hydrogen-bond acceptors (Lipinski definition) is 4. The van der Waals surface area contributed by atoms with Crippen molar-refractivity contribution in [2.24, 2.45) is 5.92 Å². The van der Waals surface area contributed by atoms with Crippen LogP contribution in [0.2, 0.25) is 0 Å². The minimum atomic E-state index is 0.125. The van der Waals surface area contributed by atoms with Gasteiger partial charge in [-0.25, -0.2) is 0 Å². The highest BCUT2D eigenvalue weighted by Gasteiger charge is 2.18. The van der Waals surface area contributed by atoms with Gasteiger partial charge in [-0.1, -0.05) is 19.9 Å². The van der Waals surface area contributed by atoms with Gasteiger partial charge in [0.2, 0.25) is 6.79 Å². The van der Waals surface area contributed by atoms with Gasteiger partial charge in [0.25, 0.3) is 0 Å². The lowest BCUT2D eigenvalue weighted by molar-refractivity contribution is 0.174. The van der Waals surface area contributed by atoms with Gasteiger partial charge in [-0.2, -0.15) is 0 Å². The number of ether oxygens (including phenoxy) is 2. The van der Waals surface area contributed by atoms with Crippen LogP contribution in [0.1, 0.15) is 38.8 Å². The Kier molecular flexibility index (Phi) is 4.66. The third-order valence-corrected chi connectivity index (χ3v) is 3.36. The predicted molar refractivity (Wildman–Crippen MR) is 74.4 cm³/mol. The second-order valence-electron chi connectivity index (χ2n) is 5.51. The average Bonchev–Trinajstić information content (AvgIpc) is 2.84. The van der Waals surface area contributed by atoms with Crippen molar-refractivity contribution in [3.63, 3.8) is 0 Å². The predicted octanol–water partition coefficient (Wildman–Crippen LogP) is 2.47. The number of nitrogens with one attached hydrogen (secondary N) is 1. The Labute approximate surface area is 114 Å². The Balaban J connectivity index is 2.00. The maximum Gasteiger partial charge on any atom is 0.231 e. The van der Waals surface area contributed by atoms with E-state index in [-0.39, 0.29) is 18.7 Å². The Morgan fingerprint density at radius 2 is 1.95 bits per heavy atom. The van der Waals surface area contributed by atoms with Crippen LogP contribution in [0.25, 0.3) is 0 Å². The van der Waals surface area contributed by atoms with E-state index < -0.39 is 0 Å². The fourth-order valence-corrected chi connectivity index (χ4v) is 2.40. The van der Waals surface area contributed by atoms with Crippen LogP contribution in [-0.4, -0.2) is 24.5 Å². The lowest BCUT2D eigenvalue weighted by Crippen LogP contribution is -2.35. The molecule has 2 N–H and O–H groups in total. The number of aliphatic hydroxyl groups is 1. The number of hydrogen-bond donors (Lipinski definition) is 2. The summed E-state index contributed by atoms with van der Waals surface area (Å²) >= 11 is 0. The van der Waals surface area contributed by atoms with E-state index in [9.17, 15) is 5.11 Å². The lowest BCUT2D eigenvalue weighted by Gasteiger charge is -2.23. The molecule has 0 aliphatic carbocycles. The van der Waals surface area contributed by atoms with E-state index in [1.54, 1.807) is 0 Å². The molecule has 2 rings (SSSR count). The lowest BCUT2D eigenvalue weighted by atomic mass is 10.0. The summed E-state index contributed by atoms with van der Waals surface area (Å²) in [6.07, 6.45) is 0.964. The monoisotopic (exact) mass is 265 g/mol. The molecule has 1 aromatic rings. The van der Waals surface area contributed by atoms with Crippen LogP contribution in [0.15, 0.2) is 18.2 Å². The summed E-state index contributed by atoms with van der Waals surface area (Å²) < 4.78 is 10.7. The van der Waals surface area contributed by atoms with Crippen LogP contribution in [0, 0.1) is 5.92 Å². The van der Waals surface area contributed by atoms with Crippen molar-refractivity contribution in [2.45, 2.75) is 39.3 Å². The summed E-state index contributed by atoms with van der Waals surface area (Å²) in [6.45, 7) is 6.88. The van der Waals surface area contributed by atoms with Crippen molar-refractivity contribution in [1.82, 2.24) is 5.32 Å². The fourth-order valence-electron chi connectivity index (χ4n) is 2.40. The maximum atomic E-state index is 9.42. The summed E-state index contributed by atoms with van der Waals surface area (Å²) in [7, 11) is 0. The smallest absolute Gasteiger partial charge is 0.231 e. The average molecular weight is 265 g/mol. The normalized spacial score (nSPS) is 16.7. The summed E-state index contributed by atoms with van der Waals surface area (Å²) in [4.78, 5) is 0. The van der Waals surface area contributed by atoms with Crippen LogP contribution in [0.3, 0.4) is 0 Å². The Hall–Kier alpha value is -1.26. The molecule has 106 valence electrons. The Morgan fingerprint density at radius 1 is 1.21 bits per heavy atom. The number of rotatable bonds is 6. The molecular formula is C15H23NO3. The van der Waals surface area contributed by atoms with E-state index in [0.717, 1.165) is 23.5 Å². The highest BCUT2D eigenvalue weighted by Crippen LogP contribution is 2.34. The molecule has 0 spiro atoms. The van der Waals surface area contributed by atoms with Gasteiger partial charge in [0.1, 0.15) is 0 Å². The van der Waals surface area contributed by atoms with Crippen LogP contribution < -0.4 is 14.8 Å². The zero-order valence-electron chi connectivity index (χ0n) is 11.8. The van der Waals surface area contributed by atoms with Crippen molar-refractivity contribution in [3.8, 4) is 11.5 Å². The first-order valence-corrected chi connectivity index (χ1v) is 6.86. The first-order valence-electron chi connectivity index (χ1n) is 6.86. The topological polar surface area (TPSA) is 50.7 Å². The van der Waals surface area contributed by atoms with E-state index in [4.69, 9.17) is 9.47 Å². The van der Waals surface area contributed by atoms with Gasteiger partial charge in [-0.3, -0.25) is 0 Å². The number of fused-ring (bicyclic) bond motifs is 1. The van der Waals surface area contributed by atoms with Crippen LogP contribution >= 0.6 is 0 Å². The third-order valence-electron chi connectivity index (χ3n) is 3.36. The van der Waals surface area contributed by atoms with E-state index in [1.807, 2.05) is 18.2 Å². The molecule has 0 fully saturated rings. The van der Waals surface area contributed by atoms with Gasteiger partial charge in [0.05, 0.1) is 6.61 Å². The Morgan fingerprint density at radius 3 is 2.63 bits per heavy atom. The van der Waals surface area contributed by atoms with Crippen LogP contribution in [0.5, 0.6) is 11.5 Å². The quantitative estimate of drug-likeness (QED) is 0.829. The van der Waals surface area contributed by atoms with Crippen molar-refractivity contribution in [1.29, 1.82) is 0 Å². The van der Waals surface area contributed by atoms with Crippen molar-refractivity contribution < 1.29 is 14.6 Å². The first-order chi connectivity index (χ1) is 9.10. The molecule has 2 atom stereocenters. The summed E-state index contributed by atoms with van der Waals surface area (Å²) in [5.41, 5.74) is 1.14. The highest BCUT2D eigenvalue weighted by atomic mass is 16.7. The van der Waals surface area contributed by atoms with Crippen molar-refractivity contribution >= 4 is 0 Å². The SMILES string of the molecule is CC(C)CC(CO)NC(C)c1ccc2c(c1)OCO2. The van der Waals surface area contributed by atoms with Crippen LogP contribution in [0.4, 0.5) is 0 Å². The zero-order valence-corrected chi connectivity index (χ0v) is 11.8. The van der Waals surface area contributed by atoms with E-state index in [1.165, 1.54) is 0 Å². The largest absolute Gasteiger partial charge is 0.454 e. The molecule has 19 heavy (non-hydrogen) atoms. The summed E-state index contributed by atoms with van der Waals surface area (Å²) in [5.74, 6) is 2.17. The van der Waals surface area contributed by atoms with Gasteiger partial charge in [0, 0.05) is 12.1 Å². The molecule has 0 amide bonds. The molecule has 0 saturated carbocycles. The summed E-state index contributed by atoms with van der Waals surface area (Å²) in [5, 5.41) is 12.9. The molecule has 1 heterocycles. The van der Waals surface area contributed by atoms with Crippen LogP contribution in [-0.2, 0) is 0 Å². The molecule has 1 aromatic carbocycles. The van der Waals surface area contributed by atoms with Crippen molar-refractivity contribution in [2.75, 3.05) is 13.4 Å². The molecular weight excluding hydrogens is 242 g/mol. The van der Waals surface area contributed by atoms with Gasteiger partial charge < -0.3 is 19.9 Å². The molecule has 0 aromatic heterocycles. The van der Waals surface area contributed by atoms with Gasteiger partial charge >= 0.3 is 0 Å². The number of benzene rings is 1. The minimum absolute atomic E-state index is 0.125. The first kappa shape index (κ1) is 14.2. The fraction of sp³-hybridized carbons (Fsp3) is 0.600. The standard InChI is InChI=1S/C15H23NO3/c1-10(2)6-13(8-17)16-11(3)12-4-5-14-15(7-12)19-9-18-14/h4-5,7,10-11,13,16-17H,6,8-9H2,1-3H3.